The molecule has 8 heteroatoms. The third kappa shape index (κ3) is 4.10. The number of aromatic nitrogens is 1. The van der Waals surface area contributed by atoms with Gasteiger partial charge < -0.3 is 19.1 Å². The average molecular weight is 446 g/mol. The van der Waals surface area contributed by atoms with Gasteiger partial charge in [-0.25, -0.2) is 0 Å². The Hall–Kier alpha value is -4.33. The maximum atomic E-state index is 13.1. The second kappa shape index (κ2) is 9.04. The van der Waals surface area contributed by atoms with Gasteiger partial charge in [0.15, 0.2) is 5.82 Å². The van der Waals surface area contributed by atoms with Crippen LogP contribution in [0, 0.1) is 6.92 Å². The lowest BCUT2D eigenvalue weighted by molar-refractivity contribution is -0.132. The van der Waals surface area contributed by atoms with Crippen LogP contribution < -0.4 is 14.4 Å². The number of aryl methyl sites for hydroxylation is 1. The minimum absolute atomic E-state index is 0.0632. The first-order valence-electron chi connectivity index (χ1n) is 10.2. The van der Waals surface area contributed by atoms with Crippen LogP contribution in [0.3, 0.4) is 0 Å². The molecule has 168 valence electrons. The maximum absolute atomic E-state index is 13.1. The Morgan fingerprint density at radius 2 is 1.94 bits per heavy atom. The van der Waals surface area contributed by atoms with E-state index in [4.69, 9.17) is 14.0 Å². The zero-order chi connectivity index (χ0) is 23.5. The standard InChI is InChI=1S/C25H22N2O6/c1-4-12-32-19-7-5-6-17(14-19)22-21(23(28)16-8-10-18(31-3)11-9-16)24(29)25(30)27(22)20-13-15(2)33-26-20/h4-11,13-14,22,28H,1,12H2,2-3H3/t22-/m1/s1. The highest BCUT2D eigenvalue weighted by atomic mass is 16.5. The summed E-state index contributed by atoms with van der Waals surface area (Å²) < 4.78 is 15.9. The number of hydrogen-bond acceptors (Lipinski definition) is 7. The first-order chi connectivity index (χ1) is 15.9. The third-order valence-electron chi connectivity index (χ3n) is 5.21. The van der Waals surface area contributed by atoms with Crippen LogP contribution in [0.15, 0.2) is 77.3 Å². The highest BCUT2D eigenvalue weighted by Gasteiger charge is 2.48. The highest BCUT2D eigenvalue weighted by molar-refractivity contribution is 6.51. The van der Waals surface area contributed by atoms with Gasteiger partial charge in [0.05, 0.1) is 18.7 Å². The van der Waals surface area contributed by atoms with E-state index < -0.39 is 17.7 Å². The zero-order valence-electron chi connectivity index (χ0n) is 18.1. The minimum Gasteiger partial charge on any atom is -0.507 e. The molecule has 1 aromatic heterocycles. The lowest BCUT2D eigenvalue weighted by atomic mass is 9.95. The molecule has 1 aliphatic rings. The molecule has 1 saturated heterocycles. The molecule has 2 aromatic carbocycles. The first-order valence-corrected chi connectivity index (χ1v) is 10.2. The highest BCUT2D eigenvalue weighted by Crippen LogP contribution is 2.42. The molecule has 3 aromatic rings. The quantitative estimate of drug-likeness (QED) is 0.251. The number of carbonyl (C=O) groups excluding carboxylic acids is 2. The summed E-state index contributed by atoms with van der Waals surface area (Å²) in [5.74, 6) is -0.185. The van der Waals surface area contributed by atoms with Gasteiger partial charge in [-0.2, -0.15) is 0 Å². The number of carbonyl (C=O) groups is 2. The number of aliphatic hydroxyl groups is 1. The lowest BCUT2D eigenvalue weighted by Gasteiger charge is -2.23. The van der Waals surface area contributed by atoms with Crippen LogP contribution in [0.4, 0.5) is 5.82 Å². The molecule has 2 heterocycles. The summed E-state index contributed by atoms with van der Waals surface area (Å²) in [6.45, 7) is 5.61. The predicted octanol–water partition coefficient (Wildman–Crippen LogP) is 4.18. The molecule has 0 radical (unpaired) electrons. The molecule has 0 saturated carbocycles. The smallest absolute Gasteiger partial charge is 0.301 e. The molecule has 1 fully saturated rings. The van der Waals surface area contributed by atoms with Crippen LogP contribution >= 0.6 is 0 Å². The summed E-state index contributed by atoms with van der Waals surface area (Å²) in [7, 11) is 1.53. The van der Waals surface area contributed by atoms with Gasteiger partial charge in [0, 0.05) is 11.6 Å². The molecule has 1 atom stereocenters. The minimum atomic E-state index is -0.941. The molecule has 0 bridgehead atoms. The molecule has 0 unspecified atom stereocenters. The van der Waals surface area contributed by atoms with E-state index >= 15 is 0 Å². The number of ether oxygens (including phenoxy) is 2. The second-order valence-corrected chi connectivity index (χ2v) is 7.37. The van der Waals surface area contributed by atoms with Crippen molar-refractivity contribution in [2.75, 3.05) is 18.6 Å². The second-order valence-electron chi connectivity index (χ2n) is 7.37. The Morgan fingerprint density at radius 1 is 1.18 bits per heavy atom. The largest absolute Gasteiger partial charge is 0.507 e. The normalized spacial score (nSPS) is 17.3. The maximum Gasteiger partial charge on any atom is 0.301 e. The Bertz CT molecular complexity index is 1240. The van der Waals surface area contributed by atoms with E-state index in [9.17, 15) is 14.7 Å². The van der Waals surface area contributed by atoms with Crippen molar-refractivity contribution in [2.45, 2.75) is 13.0 Å². The number of benzene rings is 2. The van der Waals surface area contributed by atoms with Crippen molar-refractivity contribution < 1.29 is 28.7 Å². The molecule has 8 nitrogen and oxygen atoms in total. The SMILES string of the molecule is C=CCOc1cccc([C@@H]2C(=C(O)c3ccc(OC)cc3)C(=O)C(=O)N2c2cc(C)on2)c1. The van der Waals surface area contributed by atoms with Gasteiger partial charge in [0.1, 0.15) is 29.6 Å². The lowest BCUT2D eigenvalue weighted by Crippen LogP contribution is -2.29. The van der Waals surface area contributed by atoms with E-state index in [1.807, 2.05) is 0 Å². The Balaban J connectivity index is 1.89. The van der Waals surface area contributed by atoms with E-state index in [1.54, 1.807) is 67.6 Å². The van der Waals surface area contributed by atoms with Crippen molar-refractivity contribution in [2.24, 2.45) is 0 Å². The summed E-state index contributed by atoms with van der Waals surface area (Å²) in [5.41, 5.74) is 0.868. The number of aliphatic hydroxyl groups excluding tert-OH is 1. The summed E-state index contributed by atoms with van der Waals surface area (Å²) in [6.07, 6.45) is 1.61. The molecule has 0 aliphatic carbocycles. The summed E-state index contributed by atoms with van der Waals surface area (Å²) in [5, 5.41) is 15.1. The summed E-state index contributed by atoms with van der Waals surface area (Å²) in [4.78, 5) is 27.4. The number of anilines is 1. The van der Waals surface area contributed by atoms with E-state index in [2.05, 4.69) is 11.7 Å². The van der Waals surface area contributed by atoms with Crippen LogP contribution in [0.2, 0.25) is 0 Å². The fourth-order valence-corrected chi connectivity index (χ4v) is 3.68. The van der Waals surface area contributed by atoms with Crippen LogP contribution in [0.5, 0.6) is 11.5 Å². The van der Waals surface area contributed by atoms with Crippen LogP contribution in [0.25, 0.3) is 5.76 Å². The molecule has 1 aliphatic heterocycles. The number of ketones is 1. The molecule has 1 N–H and O–H groups in total. The average Bonchev–Trinajstić information content (AvgIpc) is 3.38. The summed E-state index contributed by atoms with van der Waals surface area (Å²) >= 11 is 0. The topological polar surface area (TPSA) is 102 Å². The van der Waals surface area contributed by atoms with Gasteiger partial charge >= 0.3 is 5.91 Å². The van der Waals surface area contributed by atoms with Crippen LogP contribution in [0.1, 0.15) is 22.9 Å². The van der Waals surface area contributed by atoms with Gasteiger partial charge in [0.25, 0.3) is 5.78 Å². The van der Waals surface area contributed by atoms with E-state index in [0.29, 0.717) is 28.4 Å². The predicted molar refractivity (Wildman–Crippen MR) is 121 cm³/mol. The summed E-state index contributed by atoms with van der Waals surface area (Å²) in [6, 6.07) is 14.1. The number of methoxy groups -OCH3 is 1. The van der Waals surface area contributed by atoms with Gasteiger partial charge in [-0.15, -0.1) is 0 Å². The molecular weight excluding hydrogens is 424 g/mol. The van der Waals surface area contributed by atoms with Crippen molar-refractivity contribution in [1.82, 2.24) is 5.16 Å². The van der Waals surface area contributed by atoms with Gasteiger partial charge in [-0.05, 0) is 48.9 Å². The van der Waals surface area contributed by atoms with Crippen molar-refractivity contribution in [1.29, 1.82) is 0 Å². The molecule has 4 rings (SSSR count). The van der Waals surface area contributed by atoms with Crippen molar-refractivity contribution in [3.63, 3.8) is 0 Å². The Morgan fingerprint density at radius 3 is 2.58 bits per heavy atom. The van der Waals surface area contributed by atoms with Crippen molar-refractivity contribution in [3.8, 4) is 11.5 Å². The van der Waals surface area contributed by atoms with Crippen LogP contribution in [-0.4, -0.2) is 35.7 Å². The first kappa shape index (κ1) is 21.9. The van der Waals surface area contributed by atoms with Crippen LogP contribution in [-0.2, 0) is 9.59 Å². The zero-order valence-corrected chi connectivity index (χ0v) is 18.1. The molecule has 1 amide bonds. The monoisotopic (exact) mass is 446 g/mol. The van der Waals surface area contributed by atoms with E-state index in [-0.39, 0.29) is 23.8 Å². The fourth-order valence-electron chi connectivity index (χ4n) is 3.68. The van der Waals surface area contributed by atoms with Gasteiger partial charge in [0.2, 0.25) is 0 Å². The Kier molecular flexibility index (Phi) is 5.99. The number of amides is 1. The molecule has 0 spiro atoms. The van der Waals surface area contributed by atoms with E-state index in [0.717, 1.165) is 0 Å². The number of rotatable bonds is 7. The Labute approximate surface area is 190 Å². The third-order valence-corrected chi connectivity index (χ3v) is 5.21. The molecule has 33 heavy (non-hydrogen) atoms. The number of Topliss-reactive ketones (excluding diaryl/α,β-unsaturated/α-hetero) is 1. The molecular formula is C25H22N2O6. The van der Waals surface area contributed by atoms with E-state index in [1.165, 1.54) is 12.0 Å². The van der Waals surface area contributed by atoms with Crippen molar-refractivity contribution in [3.05, 3.63) is 89.7 Å². The fraction of sp³-hybridized carbons (Fsp3) is 0.160. The van der Waals surface area contributed by atoms with Crippen molar-refractivity contribution >= 4 is 23.3 Å². The number of nitrogens with zero attached hydrogens (tertiary/aromatic N) is 2. The van der Waals surface area contributed by atoms with Gasteiger partial charge in [-0.3, -0.25) is 14.5 Å². The van der Waals surface area contributed by atoms with Gasteiger partial charge in [-0.1, -0.05) is 29.9 Å². The number of hydrogen-bond donors (Lipinski definition) is 1.